The Morgan fingerprint density at radius 2 is 1.58 bits per heavy atom. The molecule has 14 atom stereocenters. The van der Waals surface area contributed by atoms with Crippen LogP contribution >= 0.6 is 0 Å². The number of hydrogen-bond acceptors (Lipinski definition) is 7. The minimum atomic E-state index is -0.778. The number of hydrogen-bond donors (Lipinski definition) is 1. The van der Waals surface area contributed by atoms with Crippen LogP contribution in [-0.4, -0.2) is 54.4 Å². The van der Waals surface area contributed by atoms with E-state index in [4.69, 9.17) is 18.9 Å². The zero-order chi connectivity index (χ0) is 38.3. The predicted octanol–water partition coefficient (Wildman–Crippen LogP) is 10.4. The Hall–Kier alpha value is -1.44. The number of rotatable bonds is 17. The van der Waals surface area contributed by atoms with Crippen molar-refractivity contribution in [3.05, 3.63) is 11.6 Å². The highest BCUT2D eigenvalue weighted by molar-refractivity contribution is 5.92. The highest BCUT2D eigenvalue weighted by Crippen LogP contribution is 2.74. The van der Waals surface area contributed by atoms with Gasteiger partial charge in [-0.2, -0.15) is 0 Å². The van der Waals surface area contributed by atoms with Crippen LogP contribution in [0, 0.1) is 57.2 Å². The molecule has 2 aliphatic heterocycles. The van der Waals surface area contributed by atoms with Crippen LogP contribution in [0.4, 0.5) is 0 Å². The molecule has 0 spiro atoms. The number of allylic oxidation sites excluding steroid dienone is 1. The standard InChI is InChI=1S/C46H76O7/c1-10-29(2)17-14-12-11-13-15-18-30(3)19-21-33(40-34(28-47)51-40)52-42-39-32(41(49)53-42)20-22-36-45(8)26-23-35-43(5,6)24-16-25-44(35,7)37(45)27-38(46(36,39)9)50-31(4)48/h20,29-30,33-40,42,47H,10-19,21-28H2,1-9H3. The molecule has 1 N–H and O–H groups in total. The van der Waals surface area contributed by atoms with Crippen molar-refractivity contribution >= 4 is 11.9 Å². The maximum Gasteiger partial charge on any atom is 0.336 e. The van der Waals surface area contributed by atoms with E-state index in [0.717, 1.165) is 38.0 Å². The lowest BCUT2D eigenvalue weighted by molar-refractivity contribution is -0.261. The maximum absolute atomic E-state index is 13.7. The third-order valence-electron chi connectivity index (χ3n) is 16.7. The molecule has 6 rings (SSSR count). The molecule has 53 heavy (non-hydrogen) atoms. The molecule has 2 saturated heterocycles. The Morgan fingerprint density at radius 1 is 0.906 bits per heavy atom. The van der Waals surface area contributed by atoms with Gasteiger partial charge in [0.2, 0.25) is 6.29 Å². The fraction of sp³-hybridized carbons (Fsp3) is 0.913. The zero-order valence-corrected chi connectivity index (χ0v) is 35.1. The van der Waals surface area contributed by atoms with Crippen LogP contribution in [0.1, 0.15) is 171 Å². The third-order valence-corrected chi connectivity index (χ3v) is 16.7. The summed E-state index contributed by atoms with van der Waals surface area (Å²) in [5, 5.41) is 10.0. The van der Waals surface area contributed by atoms with E-state index in [-0.39, 0.29) is 65.6 Å². The van der Waals surface area contributed by atoms with Gasteiger partial charge in [0, 0.05) is 17.9 Å². The number of epoxide rings is 1. The quantitative estimate of drug-likeness (QED) is 0.0901. The molecule has 4 aliphatic carbocycles. The van der Waals surface area contributed by atoms with Gasteiger partial charge in [-0.3, -0.25) is 4.79 Å². The summed E-state index contributed by atoms with van der Waals surface area (Å²) in [5.74, 6) is 1.78. The summed E-state index contributed by atoms with van der Waals surface area (Å²) in [6, 6.07) is 0. The lowest BCUT2D eigenvalue weighted by atomic mass is 9.34. The first-order valence-corrected chi connectivity index (χ1v) is 22.1. The van der Waals surface area contributed by atoms with Crippen molar-refractivity contribution in [1.82, 2.24) is 0 Å². The molecule has 5 fully saturated rings. The molecule has 0 bridgehead atoms. The first-order valence-electron chi connectivity index (χ1n) is 22.1. The number of aliphatic hydroxyl groups excluding tert-OH is 1. The number of unbranched alkanes of at least 4 members (excludes halogenated alkanes) is 4. The van der Waals surface area contributed by atoms with Crippen molar-refractivity contribution in [3.63, 3.8) is 0 Å². The zero-order valence-electron chi connectivity index (χ0n) is 35.1. The average Bonchev–Trinajstić information content (AvgIpc) is 3.81. The van der Waals surface area contributed by atoms with E-state index < -0.39 is 11.7 Å². The number of fused-ring (bicyclic) bond motifs is 7. The first kappa shape index (κ1) is 41.2. The summed E-state index contributed by atoms with van der Waals surface area (Å²) in [4.78, 5) is 26.6. The van der Waals surface area contributed by atoms with E-state index >= 15 is 0 Å². The van der Waals surface area contributed by atoms with Crippen molar-refractivity contribution in [3.8, 4) is 0 Å². The molecule has 14 unspecified atom stereocenters. The van der Waals surface area contributed by atoms with Gasteiger partial charge in [-0.25, -0.2) is 4.79 Å². The van der Waals surface area contributed by atoms with Crippen LogP contribution in [0.25, 0.3) is 0 Å². The number of esters is 2. The Morgan fingerprint density at radius 3 is 2.25 bits per heavy atom. The molecule has 3 saturated carbocycles. The molecule has 0 radical (unpaired) electrons. The van der Waals surface area contributed by atoms with Crippen LogP contribution in [0.3, 0.4) is 0 Å². The van der Waals surface area contributed by atoms with Gasteiger partial charge < -0.3 is 24.1 Å². The second kappa shape index (κ2) is 16.2. The van der Waals surface area contributed by atoms with Gasteiger partial charge in [-0.15, -0.1) is 0 Å². The van der Waals surface area contributed by atoms with Gasteiger partial charge in [0.25, 0.3) is 0 Å². The Kier molecular flexibility index (Phi) is 12.6. The molecule has 0 aromatic carbocycles. The van der Waals surface area contributed by atoms with Crippen LogP contribution < -0.4 is 0 Å². The van der Waals surface area contributed by atoms with E-state index in [1.165, 1.54) is 84.0 Å². The van der Waals surface area contributed by atoms with Crippen LogP contribution in [0.2, 0.25) is 0 Å². The van der Waals surface area contributed by atoms with Gasteiger partial charge in [-0.05, 0) is 97.2 Å². The van der Waals surface area contributed by atoms with E-state index in [1.807, 2.05) is 0 Å². The number of ether oxygens (including phenoxy) is 4. The van der Waals surface area contributed by atoms with E-state index in [2.05, 4.69) is 61.5 Å². The summed E-state index contributed by atoms with van der Waals surface area (Å²) >= 11 is 0. The smallest absolute Gasteiger partial charge is 0.336 e. The lowest BCUT2D eigenvalue weighted by Gasteiger charge is -2.70. The topological polar surface area (TPSA) is 94.6 Å². The fourth-order valence-electron chi connectivity index (χ4n) is 13.5. The lowest BCUT2D eigenvalue weighted by Crippen LogP contribution is -2.67. The molecule has 6 aliphatic rings. The number of aliphatic hydroxyl groups is 1. The molecule has 0 aromatic rings. The average molecular weight is 741 g/mol. The molecular formula is C46H76O7. The van der Waals surface area contributed by atoms with Crippen LogP contribution in [-0.2, 0) is 28.5 Å². The largest absolute Gasteiger partial charge is 0.462 e. The Bertz CT molecular complexity index is 1320. The monoisotopic (exact) mass is 741 g/mol. The highest BCUT2D eigenvalue weighted by atomic mass is 16.7. The fourth-order valence-corrected chi connectivity index (χ4v) is 13.5. The van der Waals surface area contributed by atoms with Gasteiger partial charge in [0.05, 0.1) is 18.6 Å². The molecule has 0 amide bonds. The minimum absolute atomic E-state index is 0.0344. The number of carbonyl (C=O) groups excluding carboxylic acids is 2. The Labute approximate surface area is 322 Å². The normalized spacial score (nSPS) is 41.5. The van der Waals surface area contributed by atoms with Crippen molar-refractivity contribution < 1.29 is 33.6 Å². The van der Waals surface area contributed by atoms with Crippen molar-refractivity contribution in [2.45, 2.75) is 202 Å². The van der Waals surface area contributed by atoms with Crippen LogP contribution in [0.15, 0.2) is 11.6 Å². The van der Waals surface area contributed by atoms with Gasteiger partial charge >= 0.3 is 11.9 Å². The maximum atomic E-state index is 13.7. The summed E-state index contributed by atoms with van der Waals surface area (Å²) in [6.45, 7) is 20.8. The highest BCUT2D eigenvalue weighted by Gasteiger charge is 2.71. The van der Waals surface area contributed by atoms with E-state index in [9.17, 15) is 14.7 Å². The number of carbonyl (C=O) groups is 2. The molecule has 2 heterocycles. The molecular weight excluding hydrogens is 664 g/mol. The number of cyclic esters (lactones) is 1. The van der Waals surface area contributed by atoms with E-state index in [1.54, 1.807) is 0 Å². The summed E-state index contributed by atoms with van der Waals surface area (Å²) in [6.07, 6.45) is 20.2. The van der Waals surface area contributed by atoms with Gasteiger partial charge in [-0.1, -0.05) is 119 Å². The first-order chi connectivity index (χ1) is 25.1. The minimum Gasteiger partial charge on any atom is -0.462 e. The second-order valence-electron chi connectivity index (χ2n) is 20.4. The Balaban J connectivity index is 1.18. The summed E-state index contributed by atoms with van der Waals surface area (Å²) < 4.78 is 25.6. The van der Waals surface area contributed by atoms with Crippen molar-refractivity contribution in [2.75, 3.05) is 6.61 Å². The SMILES string of the molecule is CCC(C)CCCCCCCC(C)CCC(OC1OC(=O)C2=CCC3C4(C)CCC5C(C)(C)CCCC5(C)C4CC(OC(C)=O)C3(C)C21)C1OC1CO. The van der Waals surface area contributed by atoms with E-state index in [0.29, 0.717) is 28.7 Å². The third kappa shape index (κ3) is 7.94. The van der Waals surface area contributed by atoms with Crippen molar-refractivity contribution in [1.29, 1.82) is 0 Å². The van der Waals surface area contributed by atoms with Crippen molar-refractivity contribution in [2.24, 2.45) is 57.2 Å². The predicted molar refractivity (Wildman–Crippen MR) is 209 cm³/mol. The van der Waals surface area contributed by atoms with Crippen LogP contribution in [0.5, 0.6) is 0 Å². The summed E-state index contributed by atoms with van der Waals surface area (Å²) in [5.41, 5.74) is 0.671. The molecule has 302 valence electrons. The molecule has 7 nitrogen and oxygen atoms in total. The van der Waals surface area contributed by atoms with Gasteiger partial charge in [0.1, 0.15) is 18.3 Å². The molecule has 7 heteroatoms. The molecule has 0 aromatic heterocycles. The summed E-state index contributed by atoms with van der Waals surface area (Å²) in [7, 11) is 0. The van der Waals surface area contributed by atoms with Gasteiger partial charge in [0.15, 0.2) is 0 Å². The second-order valence-corrected chi connectivity index (χ2v) is 20.4.